The maximum Gasteiger partial charge on any atom is 0.232 e. The van der Waals surface area contributed by atoms with Gasteiger partial charge in [0.2, 0.25) is 11.8 Å². The van der Waals surface area contributed by atoms with Crippen LogP contribution in [0.3, 0.4) is 0 Å². The fraction of sp³-hybridized carbons (Fsp3) is 0.364. The van der Waals surface area contributed by atoms with E-state index < -0.39 is 0 Å². The van der Waals surface area contributed by atoms with Crippen molar-refractivity contribution in [1.29, 1.82) is 0 Å². The van der Waals surface area contributed by atoms with Crippen LogP contribution >= 0.6 is 22.9 Å². The summed E-state index contributed by atoms with van der Waals surface area (Å²) in [6.07, 6.45) is 0.192. The van der Waals surface area contributed by atoms with Crippen LogP contribution in [0.25, 0.3) is 0 Å². The van der Waals surface area contributed by atoms with Gasteiger partial charge in [-0.25, -0.2) is 0 Å². The van der Waals surface area contributed by atoms with Crippen molar-refractivity contribution >= 4 is 40.5 Å². The van der Waals surface area contributed by atoms with Crippen molar-refractivity contribution in [3.8, 4) is 0 Å². The molecule has 1 saturated heterocycles. The highest BCUT2D eigenvalue weighted by molar-refractivity contribution is 7.18. The number of hydrogen-bond donors (Lipinski definition) is 0. The van der Waals surface area contributed by atoms with E-state index >= 15 is 0 Å². The molecule has 1 unspecified atom stereocenters. The van der Waals surface area contributed by atoms with Crippen LogP contribution in [0, 0.1) is 5.92 Å². The third kappa shape index (κ3) is 2.40. The fourth-order valence-corrected chi connectivity index (χ4v) is 2.67. The number of thiophene rings is 1. The second kappa shape index (κ2) is 4.58. The topological polar surface area (TPSA) is 54.5 Å². The molecule has 1 aliphatic rings. The number of likely N-dealkylation sites (tertiary alicyclic amines) is 1. The summed E-state index contributed by atoms with van der Waals surface area (Å²) in [5.74, 6) is -1.12. The van der Waals surface area contributed by atoms with E-state index in [1.54, 1.807) is 19.1 Å². The lowest BCUT2D eigenvalue weighted by molar-refractivity contribution is -0.138. The zero-order valence-electron chi connectivity index (χ0n) is 9.10. The van der Waals surface area contributed by atoms with Crippen molar-refractivity contribution in [3.05, 3.63) is 21.3 Å². The molecular weight excluding hydrogens is 262 g/mol. The minimum atomic E-state index is -0.317. The minimum Gasteiger partial charge on any atom is -0.291 e. The van der Waals surface area contributed by atoms with Crippen molar-refractivity contribution < 1.29 is 14.4 Å². The van der Waals surface area contributed by atoms with Crippen LogP contribution in [0.2, 0.25) is 4.34 Å². The van der Waals surface area contributed by atoms with Crippen LogP contribution in [0.5, 0.6) is 0 Å². The molecule has 1 aromatic heterocycles. The highest BCUT2D eigenvalue weighted by Gasteiger charge is 2.36. The quantitative estimate of drug-likeness (QED) is 0.624. The number of ketones is 1. The van der Waals surface area contributed by atoms with Crippen molar-refractivity contribution in [3.63, 3.8) is 0 Å². The molecule has 2 heterocycles. The van der Waals surface area contributed by atoms with E-state index in [0.717, 1.165) is 16.2 Å². The number of nitrogens with zero attached hydrogens (tertiary/aromatic N) is 1. The number of carbonyl (C=O) groups is 3. The van der Waals surface area contributed by atoms with Gasteiger partial charge in [0.15, 0.2) is 5.78 Å². The van der Waals surface area contributed by atoms with E-state index in [4.69, 9.17) is 11.6 Å². The van der Waals surface area contributed by atoms with Crippen molar-refractivity contribution in [1.82, 2.24) is 4.90 Å². The molecule has 4 nitrogen and oxygen atoms in total. The van der Waals surface area contributed by atoms with Gasteiger partial charge in [0.25, 0.3) is 0 Å². The summed E-state index contributed by atoms with van der Waals surface area (Å²) in [6.45, 7) is 1.51. The molecule has 0 spiro atoms. The van der Waals surface area contributed by atoms with Gasteiger partial charge in [0.1, 0.15) is 0 Å². The monoisotopic (exact) mass is 271 g/mol. The Morgan fingerprint density at radius 2 is 2.24 bits per heavy atom. The molecule has 0 aliphatic carbocycles. The molecule has 1 fully saturated rings. The number of Topliss-reactive ketones (excluding diaryl/α,β-unsaturated/α-hetero) is 1. The summed E-state index contributed by atoms with van der Waals surface area (Å²) in [4.78, 5) is 36.4. The Labute approximate surface area is 107 Å². The third-order valence-electron chi connectivity index (χ3n) is 2.62. The van der Waals surface area contributed by atoms with Gasteiger partial charge in [-0.2, -0.15) is 0 Å². The minimum absolute atomic E-state index is 0.182. The molecule has 1 aromatic rings. The Kier molecular flexibility index (Phi) is 3.31. The molecule has 2 rings (SSSR count). The molecule has 0 bridgehead atoms. The zero-order valence-corrected chi connectivity index (χ0v) is 10.7. The molecule has 1 aliphatic heterocycles. The number of hydrogen-bond acceptors (Lipinski definition) is 4. The summed E-state index contributed by atoms with van der Waals surface area (Å²) in [6, 6.07) is 3.22. The highest BCUT2D eigenvalue weighted by Crippen LogP contribution is 2.24. The first-order valence-corrected chi connectivity index (χ1v) is 6.31. The fourth-order valence-electron chi connectivity index (χ4n) is 1.70. The molecular formula is C11H10ClNO3S. The summed E-state index contributed by atoms with van der Waals surface area (Å²) < 4.78 is 0.515. The molecule has 90 valence electrons. The summed E-state index contributed by atoms with van der Waals surface area (Å²) in [7, 11) is 0. The van der Waals surface area contributed by atoms with Gasteiger partial charge < -0.3 is 0 Å². The first-order chi connectivity index (χ1) is 7.99. The Balaban J connectivity index is 2.09. The molecule has 1 atom stereocenters. The maximum atomic E-state index is 11.8. The van der Waals surface area contributed by atoms with Gasteiger partial charge in [-0.3, -0.25) is 19.3 Å². The molecule has 0 N–H and O–H groups in total. The number of imide groups is 1. The van der Waals surface area contributed by atoms with E-state index in [1.165, 1.54) is 0 Å². The smallest absolute Gasteiger partial charge is 0.232 e. The van der Waals surface area contributed by atoms with Gasteiger partial charge in [-0.15, -0.1) is 11.3 Å². The van der Waals surface area contributed by atoms with E-state index in [1.807, 2.05) is 0 Å². The van der Waals surface area contributed by atoms with Crippen molar-refractivity contribution in [2.75, 3.05) is 6.54 Å². The summed E-state index contributed by atoms with van der Waals surface area (Å²) in [5, 5.41) is 0. The van der Waals surface area contributed by atoms with Crippen molar-refractivity contribution in [2.24, 2.45) is 5.92 Å². The summed E-state index contributed by atoms with van der Waals surface area (Å²) >= 11 is 6.87. The van der Waals surface area contributed by atoms with Crippen LogP contribution in [0.4, 0.5) is 0 Å². The predicted octanol–water partition coefficient (Wildman–Crippen LogP) is 1.98. The van der Waals surface area contributed by atoms with Crippen LogP contribution in [-0.4, -0.2) is 29.0 Å². The standard InChI is InChI=1S/C11H10ClNO3S/c1-6-4-10(15)13(11(6)16)5-7(14)8-2-3-9(12)17-8/h2-3,6H,4-5H2,1H3. The average molecular weight is 272 g/mol. The number of halogens is 1. The van der Waals surface area contributed by atoms with E-state index in [-0.39, 0.29) is 36.5 Å². The Hall–Kier alpha value is -1.20. The second-order valence-electron chi connectivity index (χ2n) is 3.95. The molecule has 2 amide bonds. The Morgan fingerprint density at radius 3 is 2.71 bits per heavy atom. The van der Waals surface area contributed by atoms with Gasteiger partial charge >= 0.3 is 0 Å². The van der Waals surface area contributed by atoms with Gasteiger partial charge in [-0.1, -0.05) is 18.5 Å². The van der Waals surface area contributed by atoms with E-state index in [0.29, 0.717) is 9.21 Å². The second-order valence-corrected chi connectivity index (χ2v) is 5.67. The Morgan fingerprint density at radius 1 is 1.53 bits per heavy atom. The van der Waals surface area contributed by atoms with Crippen molar-refractivity contribution in [2.45, 2.75) is 13.3 Å². The largest absolute Gasteiger partial charge is 0.291 e. The zero-order chi connectivity index (χ0) is 12.6. The molecule has 0 aromatic carbocycles. The van der Waals surface area contributed by atoms with E-state index in [9.17, 15) is 14.4 Å². The third-order valence-corrected chi connectivity index (χ3v) is 3.89. The van der Waals surface area contributed by atoms with Gasteiger partial charge in [0, 0.05) is 12.3 Å². The molecule has 6 heteroatoms. The van der Waals surface area contributed by atoms with E-state index in [2.05, 4.69) is 0 Å². The van der Waals surface area contributed by atoms with Crippen LogP contribution in [-0.2, 0) is 9.59 Å². The normalized spacial score (nSPS) is 20.1. The number of amides is 2. The van der Waals surface area contributed by atoms with Crippen LogP contribution < -0.4 is 0 Å². The lowest BCUT2D eigenvalue weighted by atomic mass is 10.1. The maximum absolute atomic E-state index is 11.8. The molecule has 0 saturated carbocycles. The lowest BCUT2D eigenvalue weighted by Gasteiger charge is -2.12. The number of carbonyl (C=O) groups excluding carboxylic acids is 3. The number of rotatable bonds is 3. The Bertz CT molecular complexity index is 497. The van der Waals surface area contributed by atoms with Crippen LogP contribution in [0.15, 0.2) is 12.1 Å². The van der Waals surface area contributed by atoms with Gasteiger partial charge in [0.05, 0.1) is 15.8 Å². The summed E-state index contributed by atoms with van der Waals surface area (Å²) in [5.41, 5.74) is 0. The first kappa shape index (κ1) is 12.3. The first-order valence-electron chi connectivity index (χ1n) is 5.12. The highest BCUT2D eigenvalue weighted by atomic mass is 35.5. The molecule has 17 heavy (non-hydrogen) atoms. The predicted molar refractivity (Wildman–Crippen MR) is 64.2 cm³/mol. The van der Waals surface area contributed by atoms with Crippen LogP contribution in [0.1, 0.15) is 23.0 Å². The lowest BCUT2D eigenvalue weighted by Crippen LogP contribution is -2.35. The molecule has 0 radical (unpaired) electrons. The average Bonchev–Trinajstić information content (AvgIpc) is 2.79. The SMILES string of the molecule is CC1CC(=O)N(CC(=O)c2ccc(Cl)s2)C1=O. The van der Waals surface area contributed by atoms with Gasteiger partial charge in [-0.05, 0) is 12.1 Å².